The number of anilines is 2. The predicted octanol–water partition coefficient (Wildman–Crippen LogP) is 8.23. The fourth-order valence-electron chi connectivity index (χ4n) is 6.08. The first-order valence-corrected chi connectivity index (χ1v) is 18.9. The molecule has 2 atom stereocenters. The minimum absolute atomic E-state index is 0.0120. The fraction of sp³-hybridized carbons (Fsp3) is 0.317. The summed E-state index contributed by atoms with van der Waals surface area (Å²) in [6.07, 6.45) is 4.12. The summed E-state index contributed by atoms with van der Waals surface area (Å²) in [4.78, 5) is 55.2. The Hall–Kier alpha value is -5.07. The Kier molecular flexibility index (Phi) is 12.7. The van der Waals surface area contributed by atoms with Gasteiger partial charge in [0.1, 0.15) is 22.2 Å². The van der Waals surface area contributed by atoms with Crippen molar-refractivity contribution in [1.29, 1.82) is 0 Å². The molecule has 0 spiro atoms. The lowest BCUT2D eigenvalue weighted by atomic mass is 9.72. The van der Waals surface area contributed by atoms with Crippen molar-refractivity contribution >= 4 is 63.6 Å². The monoisotopic (exact) mass is 755 g/mol. The van der Waals surface area contributed by atoms with Crippen molar-refractivity contribution in [3.05, 3.63) is 106 Å². The third-order valence-electron chi connectivity index (χ3n) is 9.16. The summed E-state index contributed by atoms with van der Waals surface area (Å²) in [5, 5.41) is 8.60. The molecule has 5 rings (SSSR count). The van der Waals surface area contributed by atoms with Crippen molar-refractivity contribution in [2.45, 2.75) is 57.1 Å². The van der Waals surface area contributed by atoms with Crippen molar-refractivity contribution in [1.82, 2.24) is 5.32 Å². The molecule has 3 N–H and O–H groups in total. The number of methoxy groups -OCH3 is 3. The second-order valence-electron chi connectivity index (χ2n) is 13.7. The van der Waals surface area contributed by atoms with Gasteiger partial charge in [0.25, 0.3) is 11.8 Å². The van der Waals surface area contributed by atoms with Gasteiger partial charge in [-0.15, -0.1) is 23.1 Å². The molecule has 2 unspecified atom stereocenters. The third kappa shape index (κ3) is 9.68. The first kappa shape index (κ1) is 39.1. The van der Waals surface area contributed by atoms with E-state index in [0.29, 0.717) is 44.8 Å². The average molecular weight is 756 g/mol. The maximum atomic E-state index is 13.8. The van der Waals surface area contributed by atoms with Gasteiger partial charge >= 0.3 is 5.97 Å². The van der Waals surface area contributed by atoms with Crippen molar-refractivity contribution in [2.75, 3.05) is 32.0 Å². The summed E-state index contributed by atoms with van der Waals surface area (Å²) in [6, 6.07) is 20.8. The zero-order chi connectivity index (χ0) is 38.3. The van der Waals surface area contributed by atoms with Crippen molar-refractivity contribution in [3.8, 4) is 11.5 Å². The number of carbonyl (C=O) groups excluding carboxylic acids is 4. The molecular formula is C41H45N3O7S2. The van der Waals surface area contributed by atoms with Gasteiger partial charge in [-0.3, -0.25) is 14.4 Å². The Morgan fingerprint density at radius 3 is 2.36 bits per heavy atom. The molecule has 4 aromatic rings. The van der Waals surface area contributed by atoms with E-state index in [1.165, 1.54) is 43.4 Å². The fourth-order valence-corrected chi connectivity index (χ4v) is 8.33. The lowest BCUT2D eigenvalue weighted by Gasteiger charge is -2.33. The van der Waals surface area contributed by atoms with Gasteiger partial charge in [0.05, 0.1) is 32.1 Å². The quantitative estimate of drug-likeness (QED) is 0.0749. The van der Waals surface area contributed by atoms with Crippen LogP contribution in [0.3, 0.4) is 0 Å². The average Bonchev–Trinajstić information content (AvgIpc) is 3.51. The van der Waals surface area contributed by atoms with Gasteiger partial charge < -0.3 is 30.2 Å². The second kappa shape index (κ2) is 17.2. The molecule has 1 aliphatic rings. The predicted molar refractivity (Wildman–Crippen MR) is 211 cm³/mol. The summed E-state index contributed by atoms with van der Waals surface area (Å²) < 4.78 is 16.0. The number of hydrogen-bond acceptors (Lipinski definition) is 9. The summed E-state index contributed by atoms with van der Waals surface area (Å²) in [5.41, 5.74) is 2.93. The molecule has 12 heteroatoms. The van der Waals surface area contributed by atoms with Crippen LogP contribution in [0.2, 0.25) is 0 Å². The van der Waals surface area contributed by atoms with Crippen LogP contribution in [0.4, 0.5) is 10.7 Å². The summed E-state index contributed by atoms with van der Waals surface area (Å²) >= 11 is 2.77. The van der Waals surface area contributed by atoms with E-state index in [1.807, 2.05) is 6.07 Å². The molecule has 1 aromatic heterocycles. The van der Waals surface area contributed by atoms with Crippen LogP contribution >= 0.6 is 23.1 Å². The zero-order valence-corrected chi connectivity index (χ0v) is 32.6. The molecule has 10 nitrogen and oxygen atoms in total. The maximum Gasteiger partial charge on any atom is 0.341 e. The first-order chi connectivity index (χ1) is 25.3. The number of esters is 1. The Morgan fingerprint density at radius 2 is 1.68 bits per heavy atom. The van der Waals surface area contributed by atoms with Crippen LogP contribution in [0, 0.1) is 11.3 Å². The van der Waals surface area contributed by atoms with E-state index in [4.69, 9.17) is 14.2 Å². The van der Waals surface area contributed by atoms with Crippen LogP contribution in [0.25, 0.3) is 6.08 Å². The first-order valence-electron chi connectivity index (χ1n) is 17.2. The van der Waals surface area contributed by atoms with Gasteiger partial charge in [0, 0.05) is 32.7 Å². The molecule has 0 saturated carbocycles. The minimum atomic E-state index is -0.564. The normalized spacial score (nSPS) is 14.7. The van der Waals surface area contributed by atoms with Crippen molar-refractivity contribution in [2.24, 2.45) is 11.3 Å². The zero-order valence-electron chi connectivity index (χ0n) is 31.0. The number of amides is 3. The molecule has 3 amide bonds. The number of rotatable bonds is 12. The van der Waals surface area contributed by atoms with Gasteiger partial charge in [0.2, 0.25) is 5.91 Å². The smallest absolute Gasteiger partial charge is 0.341 e. The molecule has 0 fully saturated rings. The van der Waals surface area contributed by atoms with Crippen LogP contribution in [-0.2, 0) is 27.2 Å². The number of thiophene rings is 1. The molecule has 3 aromatic carbocycles. The van der Waals surface area contributed by atoms with Crippen LogP contribution in [0.15, 0.2) is 83.4 Å². The van der Waals surface area contributed by atoms with Gasteiger partial charge in [-0.1, -0.05) is 45.0 Å². The van der Waals surface area contributed by atoms with E-state index in [9.17, 15) is 19.2 Å². The standard InChI is InChI=1S/C41H45N3O7S2/c1-24(36(45)44-39-35(40(48)51-7)31-19-17-27(41(2,3)4)21-34(31)53-39)52-30-15-11-14-28(22-30)42-38(47)32(43-37(46)25-12-9-8-10-13-25)20-26-16-18-29(49-5)23-33(26)50-6/h8-16,18,20,22-24,27H,17,19,21H2,1-7H3,(H,42,47)(H,43,46)(H,44,45)/b32-20+. The highest BCUT2D eigenvalue weighted by molar-refractivity contribution is 8.00. The molecule has 278 valence electrons. The molecule has 1 heterocycles. The maximum absolute atomic E-state index is 13.8. The SMILES string of the molecule is COC(=O)c1c(NC(=O)C(C)Sc2cccc(NC(=O)/C(=C\c3ccc(OC)cc3OC)NC(=O)c3ccccc3)c2)sc2c1CCC(C(C)(C)C)C2. The number of carbonyl (C=O) groups is 4. The van der Waals surface area contributed by atoms with E-state index in [-0.39, 0.29) is 17.0 Å². The minimum Gasteiger partial charge on any atom is -0.497 e. The summed E-state index contributed by atoms with van der Waals surface area (Å²) in [7, 11) is 4.41. The van der Waals surface area contributed by atoms with Gasteiger partial charge in [0.15, 0.2) is 0 Å². The third-order valence-corrected chi connectivity index (χ3v) is 11.4. The molecule has 0 radical (unpaired) electrons. The highest BCUT2D eigenvalue weighted by atomic mass is 32.2. The van der Waals surface area contributed by atoms with Gasteiger partial charge in [-0.2, -0.15) is 0 Å². The number of nitrogens with one attached hydrogen (secondary N) is 3. The van der Waals surface area contributed by atoms with E-state index in [0.717, 1.165) is 34.6 Å². The Morgan fingerprint density at radius 1 is 0.925 bits per heavy atom. The lowest BCUT2D eigenvalue weighted by molar-refractivity contribution is -0.115. The number of ether oxygens (including phenoxy) is 3. The molecule has 0 bridgehead atoms. The molecule has 53 heavy (non-hydrogen) atoms. The van der Waals surface area contributed by atoms with Crippen LogP contribution in [0.1, 0.15) is 70.8 Å². The number of hydrogen-bond donors (Lipinski definition) is 3. The lowest BCUT2D eigenvalue weighted by Crippen LogP contribution is -2.30. The molecule has 0 saturated heterocycles. The highest BCUT2D eigenvalue weighted by Crippen LogP contribution is 2.44. The van der Waals surface area contributed by atoms with Crippen LogP contribution < -0.4 is 25.4 Å². The molecule has 0 aliphatic heterocycles. The Balaban J connectivity index is 1.32. The van der Waals surface area contributed by atoms with Gasteiger partial charge in [-0.05, 0) is 91.6 Å². The highest BCUT2D eigenvalue weighted by Gasteiger charge is 2.34. The second-order valence-corrected chi connectivity index (χ2v) is 16.2. The largest absolute Gasteiger partial charge is 0.497 e. The summed E-state index contributed by atoms with van der Waals surface area (Å²) in [5.74, 6) is -0.238. The Bertz CT molecular complexity index is 2020. The topological polar surface area (TPSA) is 132 Å². The molecule has 1 aliphatic carbocycles. The van der Waals surface area contributed by atoms with Gasteiger partial charge in [-0.25, -0.2) is 4.79 Å². The van der Waals surface area contributed by atoms with Crippen LogP contribution in [-0.4, -0.2) is 50.3 Å². The Labute approximate surface area is 318 Å². The molecular weight excluding hydrogens is 711 g/mol. The van der Waals surface area contributed by atoms with E-state index < -0.39 is 23.0 Å². The van der Waals surface area contributed by atoms with Crippen molar-refractivity contribution in [3.63, 3.8) is 0 Å². The number of benzene rings is 3. The number of fused-ring (bicyclic) bond motifs is 1. The van der Waals surface area contributed by atoms with E-state index in [1.54, 1.807) is 80.8 Å². The summed E-state index contributed by atoms with van der Waals surface area (Å²) in [6.45, 7) is 8.49. The number of thioether (sulfide) groups is 1. The van der Waals surface area contributed by atoms with Crippen LogP contribution in [0.5, 0.6) is 11.5 Å². The van der Waals surface area contributed by atoms with E-state index >= 15 is 0 Å². The van der Waals surface area contributed by atoms with E-state index in [2.05, 4.69) is 36.7 Å². The van der Waals surface area contributed by atoms with Crippen molar-refractivity contribution < 1.29 is 33.4 Å².